The number of hydrogen-bond donors (Lipinski definition) is 1. The first-order valence-corrected chi connectivity index (χ1v) is 7.07. The zero-order valence-electron chi connectivity index (χ0n) is 11.0. The van der Waals surface area contributed by atoms with Crippen molar-refractivity contribution >= 4 is 11.3 Å². The SMILES string of the molecule is CN(C)CCNCc1ccc(-c2ccccc2)s1. The molecule has 0 saturated heterocycles. The monoisotopic (exact) mass is 260 g/mol. The fourth-order valence-corrected chi connectivity index (χ4v) is 2.73. The van der Waals surface area contributed by atoms with Crippen LogP contribution in [-0.4, -0.2) is 32.1 Å². The highest BCUT2D eigenvalue weighted by atomic mass is 32.1. The number of likely N-dealkylation sites (N-methyl/N-ethyl adjacent to an activating group) is 1. The van der Waals surface area contributed by atoms with Gasteiger partial charge in [-0.25, -0.2) is 0 Å². The van der Waals surface area contributed by atoms with E-state index in [1.807, 2.05) is 11.3 Å². The predicted molar refractivity (Wildman–Crippen MR) is 80.0 cm³/mol. The second-order valence-electron chi connectivity index (χ2n) is 4.61. The normalized spacial score (nSPS) is 11.1. The van der Waals surface area contributed by atoms with E-state index < -0.39 is 0 Å². The van der Waals surface area contributed by atoms with Crippen LogP contribution in [0.4, 0.5) is 0 Å². The first-order valence-electron chi connectivity index (χ1n) is 6.25. The van der Waals surface area contributed by atoms with Crippen LogP contribution in [0.1, 0.15) is 4.88 Å². The number of rotatable bonds is 6. The molecule has 0 amide bonds. The van der Waals surface area contributed by atoms with Gasteiger partial charge >= 0.3 is 0 Å². The predicted octanol–water partition coefficient (Wildman–Crippen LogP) is 3.07. The van der Waals surface area contributed by atoms with Crippen LogP contribution in [0.15, 0.2) is 42.5 Å². The average Bonchev–Trinajstić information content (AvgIpc) is 2.84. The van der Waals surface area contributed by atoms with Crippen LogP contribution in [-0.2, 0) is 6.54 Å². The van der Waals surface area contributed by atoms with Gasteiger partial charge in [0.05, 0.1) is 0 Å². The summed E-state index contributed by atoms with van der Waals surface area (Å²) in [5.41, 5.74) is 1.31. The van der Waals surface area contributed by atoms with Crippen molar-refractivity contribution in [1.82, 2.24) is 10.2 Å². The Morgan fingerprint density at radius 3 is 2.56 bits per heavy atom. The van der Waals surface area contributed by atoms with Crippen LogP contribution < -0.4 is 5.32 Å². The summed E-state index contributed by atoms with van der Waals surface area (Å²) in [5.74, 6) is 0. The minimum atomic E-state index is 0.964. The minimum Gasteiger partial charge on any atom is -0.311 e. The zero-order valence-corrected chi connectivity index (χ0v) is 11.8. The lowest BCUT2D eigenvalue weighted by atomic mass is 10.2. The molecule has 96 valence electrons. The van der Waals surface area contributed by atoms with E-state index in [9.17, 15) is 0 Å². The highest BCUT2D eigenvalue weighted by Crippen LogP contribution is 2.27. The highest BCUT2D eigenvalue weighted by Gasteiger charge is 2.01. The molecule has 2 rings (SSSR count). The molecule has 1 aromatic carbocycles. The first kappa shape index (κ1) is 13.3. The molecule has 2 nitrogen and oxygen atoms in total. The summed E-state index contributed by atoms with van der Waals surface area (Å²) in [5, 5.41) is 3.47. The lowest BCUT2D eigenvalue weighted by Gasteiger charge is -2.09. The summed E-state index contributed by atoms with van der Waals surface area (Å²) < 4.78 is 0. The molecular formula is C15H20N2S. The Labute approximate surface area is 113 Å². The molecule has 0 aliphatic carbocycles. The van der Waals surface area contributed by atoms with E-state index >= 15 is 0 Å². The van der Waals surface area contributed by atoms with E-state index in [0.29, 0.717) is 0 Å². The molecule has 2 aromatic rings. The van der Waals surface area contributed by atoms with Crippen LogP contribution in [0.25, 0.3) is 10.4 Å². The Morgan fingerprint density at radius 1 is 1.06 bits per heavy atom. The Balaban J connectivity index is 1.87. The van der Waals surface area contributed by atoms with Gasteiger partial charge in [-0.3, -0.25) is 0 Å². The van der Waals surface area contributed by atoms with Crippen molar-refractivity contribution in [3.05, 3.63) is 47.3 Å². The lowest BCUT2D eigenvalue weighted by Crippen LogP contribution is -2.25. The number of nitrogens with zero attached hydrogens (tertiary/aromatic N) is 1. The summed E-state index contributed by atoms with van der Waals surface area (Å²) in [6.45, 7) is 3.08. The van der Waals surface area contributed by atoms with Gasteiger partial charge in [0.15, 0.2) is 0 Å². The molecule has 1 heterocycles. The van der Waals surface area contributed by atoms with Crippen LogP contribution >= 0.6 is 11.3 Å². The van der Waals surface area contributed by atoms with Gasteiger partial charge in [0, 0.05) is 29.4 Å². The van der Waals surface area contributed by atoms with Gasteiger partial charge in [-0.15, -0.1) is 11.3 Å². The van der Waals surface area contributed by atoms with Crippen LogP contribution in [0.3, 0.4) is 0 Å². The molecule has 0 aliphatic heterocycles. The number of thiophene rings is 1. The Morgan fingerprint density at radius 2 is 1.83 bits per heavy atom. The summed E-state index contributed by atoms with van der Waals surface area (Å²) >= 11 is 1.87. The average molecular weight is 260 g/mol. The van der Waals surface area contributed by atoms with Crippen LogP contribution in [0, 0.1) is 0 Å². The number of benzene rings is 1. The van der Waals surface area contributed by atoms with Crippen molar-refractivity contribution in [3.8, 4) is 10.4 Å². The number of nitrogens with one attached hydrogen (secondary N) is 1. The maximum absolute atomic E-state index is 3.47. The molecule has 0 saturated carbocycles. The van der Waals surface area contributed by atoms with Crippen molar-refractivity contribution in [3.63, 3.8) is 0 Å². The summed E-state index contributed by atoms with van der Waals surface area (Å²) in [7, 11) is 4.20. The van der Waals surface area contributed by atoms with E-state index in [4.69, 9.17) is 0 Å². The molecule has 1 N–H and O–H groups in total. The third-order valence-electron chi connectivity index (χ3n) is 2.75. The molecule has 1 aromatic heterocycles. The molecule has 0 fully saturated rings. The maximum Gasteiger partial charge on any atom is 0.0346 e. The van der Waals surface area contributed by atoms with Gasteiger partial charge < -0.3 is 10.2 Å². The molecule has 0 spiro atoms. The Hall–Kier alpha value is -1.16. The number of hydrogen-bond acceptors (Lipinski definition) is 3. The van der Waals surface area contributed by atoms with E-state index in [-0.39, 0.29) is 0 Å². The molecule has 0 atom stereocenters. The van der Waals surface area contributed by atoms with Gasteiger partial charge in [0.25, 0.3) is 0 Å². The molecule has 18 heavy (non-hydrogen) atoms. The third kappa shape index (κ3) is 3.95. The second kappa shape index (κ2) is 6.69. The van der Waals surface area contributed by atoms with Crippen LogP contribution in [0.2, 0.25) is 0 Å². The fraction of sp³-hybridized carbons (Fsp3) is 0.333. The highest BCUT2D eigenvalue weighted by molar-refractivity contribution is 7.15. The Bertz CT molecular complexity index is 462. The summed E-state index contributed by atoms with van der Waals surface area (Å²) in [6.07, 6.45) is 0. The standard InChI is InChI=1S/C15H20N2S/c1-17(2)11-10-16-12-14-8-9-15(18-14)13-6-4-3-5-7-13/h3-9,16H,10-12H2,1-2H3. The minimum absolute atomic E-state index is 0.964. The van der Waals surface area contributed by atoms with Crippen molar-refractivity contribution < 1.29 is 0 Å². The van der Waals surface area contributed by atoms with Gasteiger partial charge in [-0.2, -0.15) is 0 Å². The largest absolute Gasteiger partial charge is 0.311 e. The topological polar surface area (TPSA) is 15.3 Å². The zero-order chi connectivity index (χ0) is 12.8. The smallest absolute Gasteiger partial charge is 0.0346 e. The van der Waals surface area contributed by atoms with Crippen molar-refractivity contribution in [2.75, 3.05) is 27.2 Å². The van der Waals surface area contributed by atoms with E-state index in [1.54, 1.807) is 0 Å². The van der Waals surface area contributed by atoms with Crippen LogP contribution in [0.5, 0.6) is 0 Å². The molecular weight excluding hydrogens is 240 g/mol. The van der Waals surface area contributed by atoms with Gasteiger partial charge in [-0.05, 0) is 31.8 Å². The van der Waals surface area contributed by atoms with Crippen molar-refractivity contribution in [1.29, 1.82) is 0 Å². The van der Waals surface area contributed by atoms with Gasteiger partial charge in [0.1, 0.15) is 0 Å². The van der Waals surface area contributed by atoms with Gasteiger partial charge in [0.2, 0.25) is 0 Å². The molecule has 0 radical (unpaired) electrons. The third-order valence-corrected chi connectivity index (χ3v) is 3.89. The summed E-state index contributed by atoms with van der Waals surface area (Å²) in [4.78, 5) is 4.93. The summed E-state index contributed by atoms with van der Waals surface area (Å²) in [6, 6.07) is 15.0. The fourth-order valence-electron chi connectivity index (χ4n) is 1.74. The molecule has 0 aliphatic rings. The maximum atomic E-state index is 3.47. The molecule has 0 unspecified atom stereocenters. The molecule has 0 bridgehead atoms. The van der Waals surface area contributed by atoms with Gasteiger partial charge in [-0.1, -0.05) is 30.3 Å². The van der Waals surface area contributed by atoms with Crippen molar-refractivity contribution in [2.45, 2.75) is 6.54 Å². The lowest BCUT2D eigenvalue weighted by molar-refractivity contribution is 0.400. The van der Waals surface area contributed by atoms with E-state index in [2.05, 4.69) is 66.8 Å². The van der Waals surface area contributed by atoms with Crippen molar-refractivity contribution in [2.24, 2.45) is 0 Å². The second-order valence-corrected chi connectivity index (χ2v) is 5.78. The quantitative estimate of drug-likeness (QED) is 0.803. The van der Waals surface area contributed by atoms with E-state index in [1.165, 1.54) is 15.3 Å². The molecule has 3 heteroatoms. The Kier molecular flexibility index (Phi) is 4.93. The van der Waals surface area contributed by atoms with E-state index in [0.717, 1.165) is 19.6 Å². The first-order chi connectivity index (χ1) is 8.75.